The van der Waals surface area contributed by atoms with Crippen LogP contribution >= 0.6 is 11.6 Å². The number of halogens is 1. The summed E-state index contributed by atoms with van der Waals surface area (Å²) in [6, 6.07) is 11.9. The molecule has 2 aromatic carbocycles. The molecule has 0 saturated carbocycles. The number of carbonyl (C=O) groups is 2. The standard InChI is InChI=1S/C15H14ClN3O2/c16-13-5-4-11(7-12(13)15(18)21)19-8-9-2-1-3-10(6-9)14(17)20/h1-7,19H,8H2,(H2,17,20)(H2,18,21). The largest absolute Gasteiger partial charge is 0.381 e. The van der Waals surface area contributed by atoms with E-state index in [4.69, 9.17) is 23.1 Å². The summed E-state index contributed by atoms with van der Waals surface area (Å²) < 4.78 is 0. The van der Waals surface area contributed by atoms with E-state index in [1.54, 1.807) is 36.4 Å². The molecular weight excluding hydrogens is 290 g/mol. The molecule has 0 aliphatic heterocycles. The van der Waals surface area contributed by atoms with E-state index in [1.165, 1.54) is 0 Å². The second-order valence-electron chi connectivity index (χ2n) is 4.48. The van der Waals surface area contributed by atoms with Gasteiger partial charge >= 0.3 is 0 Å². The second-order valence-corrected chi connectivity index (χ2v) is 4.88. The smallest absolute Gasteiger partial charge is 0.250 e. The van der Waals surface area contributed by atoms with E-state index in [2.05, 4.69) is 5.32 Å². The molecule has 0 fully saturated rings. The Kier molecular flexibility index (Phi) is 4.45. The summed E-state index contributed by atoms with van der Waals surface area (Å²) in [5, 5.41) is 3.44. The first kappa shape index (κ1) is 14.9. The summed E-state index contributed by atoms with van der Waals surface area (Å²) >= 11 is 5.88. The Morgan fingerprint density at radius 1 is 1.05 bits per heavy atom. The molecule has 21 heavy (non-hydrogen) atoms. The second kappa shape index (κ2) is 6.28. The number of hydrogen-bond acceptors (Lipinski definition) is 3. The lowest BCUT2D eigenvalue weighted by Crippen LogP contribution is -2.12. The lowest BCUT2D eigenvalue weighted by atomic mass is 10.1. The van der Waals surface area contributed by atoms with Crippen molar-refractivity contribution in [2.24, 2.45) is 11.5 Å². The zero-order chi connectivity index (χ0) is 15.4. The molecule has 5 N–H and O–H groups in total. The van der Waals surface area contributed by atoms with E-state index in [0.29, 0.717) is 22.8 Å². The normalized spacial score (nSPS) is 10.1. The quantitative estimate of drug-likeness (QED) is 0.789. The molecule has 0 atom stereocenters. The van der Waals surface area contributed by atoms with Crippen molar-refractivity contribution in [3.63, 3.8) is 0 Å². The molecule has 108 valence electrons. The Bertz CT molecular complexity index is 701. The third-order valence-corrected chi connectivity index (χ3v) is 3.27. The highest BCUT2D eigenvalue weighted by Crippen LogP contribution is 2.20. The molecule has 6 heteroatoms. The highest BCUT2D eigenvalue weighted by Gasteiger charge is 2.07. The lowest BCUT2D eigenvalue weighted by Gasteiger charge is -2.09. The molecule has 0 heterocycles. The van der Waals surface area contributed by atoms with Crippen LogP contribution in [-0.4, -0.2) is 11.8 Å². The third kappa shape index (κ3) is 3.73. The fraction of sp³-hybridized carbons (Fsp3) is 0.0667. The van der Waals surface area contributed by atoms with Gasteiger partial charge in [-0.25, -0.2) is 0 Å². The number of anilines is 1. The Balaban J connectivity index is 2.13. The molecule has 2 amide bonds. The van der Waals surface area contributed by atoms with Gasteiger partial charge in [-0.15, -0.1) is 0 Å². The third-order valence-electron chi connectivity index (χ3n) is 2.94. The summed E-state index contributed by atoms with van der Waals surface area (Å²) in [7, 11) is 0. The average molecular weight is 304 g/mol. The van der Waals surface area contributed by atoms with Gasteiger partial charge in [0.05, 0.1) is 10.6 Å². The maximum atomic E-state index is 11.2. The number of hydrogen-bond donors (Lipinski definition) is 3. The van der Waals surface area contributed by atoms with Crippen molar-refractivity contribution in [3.05, 3.63) is 64.2 Å². The summed E-state index contributed by atoms with van der Waals surface area (Å²) in [4.78, 5) is 22.3. The number of amides is 2. The summed E-state index contributed by atoms with van der Waals surface area (Å²) in [6.07, 6.45) is 0. The van der Waals surface area contributed by atoms with Gasteiger partial charge in [0.25, 0.3) is 0 Å². The van der Waals surface area contributed by atoms with Crippen molar-refractivity contribution in [1.29, 1.82) is 0 Å². The molecule has 5 nitrogen and oxygen atoms in total. The van der Waals surface area contributed by atoms with Crippen LogP contribution < -0.4 is 16.8 Å². The van der Waals surface area contributed by atoms with Gasteiger partial charge < -0.3 is 16.8 Å². The number of nitrogens with one attached hydrogen (secondary N) is 1. The van der Waals surface area contributed by atoms with Gasteiger partial charge in [0, 0.05) is 17.8 Å². The van der Waals surface area contributed by atoms with Crippen molar-refractivity contribution < 1.29 is 9.59 Å². The Labute approximate surface area is 126 Å². The van der Waals surface area contributed by atoms with Crippen LogP contribution in [0.25, 0.3) is 0 Å². The van der Waals surface area contributed by atoms with Crippen molar-refractivity contribution in [3.8, 4) is 0 Å². The summed E-state index contributed by atoms with van der Waals surface area (Å²) in [6.45, 7) is 0.473. The molecule has 0 saturated heterocycles. The van der Waals surface area contributed by atoms with Gasteiger partial charge in [-0.2, -0.15) is 0 Å². The first-order chi connectivity index (χ1) is 9.97. The molecule has 2 rings (SSSR count). The van der Waals surface area contributed by atoms with E-state index in [9.17, 15) is 9.59 Å². The van der Waals surface area contributed by atoms with Crippen LogP contribution in [0.2, 0.25) is 5.02 Å². The molecule has 0 spiro atoms. The predicted octanol–water partition coefficient (Wildman–Crippen LogP) is 2.15. The molecule has 0 aliphatic carbocycles. The molecule has 2 aromatic rings. The van der Waals surface area contributed by atoms with E-state index < -0.39 is 11.8 Å². The van der Waals surface area contributed by atoms with Crippen molar-refractivity contribution >= 4 is 29.1 Å². The van der Waals surface area contributed by atoms with Gasteiger partial charge in [0.1, 0.15) is 0 Å². The SMILES string of the molecule is NC(=O)c1cccc(CNc2ccc(Cl)c(C(N)=O)c2)c1. The molecule has 0 radical (unpaired) electrons. The first-order valence-corrected chi connectivity index (χ1v) is 6.57. The van der Waals surface area contributed by atoms with Crippen LogP contribution in [0.4, 0.5) is 5.69 Å². The van der Waals surface area contributed by atoms with Gasteiger partial charge in [-0.1, -0.05) is 23.7 Å². The van der Waals surface area contributed by atoms with Crippen LogP contribution in [-0.2, 0) is 6.54 Å². The highest BCUT2D eigenvalue weighted by atomic mass is 35.5. The van der Waals surface area contributed by atoms with Crippen LogP contribution in [0, 0.1) is 0 Å². The molecule has 0 aromatic heterocycles. The van der Waals surface area contributed by atoms with Crippen molar-refractivity contribution in [2.75, 3.05) is 5.32 Å². The molecule has 0 aliphatic rings. The maximum Gasteiger partial charge on any atom is 0.250 e. The van der Waals surface area contributed by atoms with Gasteiger partial charge in [-0.3, -0.25) is 9.59 Å². The zero-order valence-electron chi connectivity index (χ0n) is 11.1. The molecular formula is C15H14ClN3O2. The minimum atomic E-state index is -0.584. The van der Waals surface area contributed by atoms with E-state index >= 15 is 0 Å². The fourth-order valence-electron chi connectivity index (χ4n) is 1.86. The van der Waals surface area contributed by atoms with Gasteiger partial charge in [0.15, 0.2) is 0 Å². The molecule has 0 unspecified atom stereocenters. The Hall–Kier alpha value is -2.53. The highest BCUT2D eigenvalue weighted by molar-refractivity contribution is 6.33. The van der Waals surface area contributed by atoms with E-state index in [-0.39, 0.29) is 5.56 Å². The van der Waals surface area contributed by atoms with Crippen molar-refractivity contribution in [1.82, 2.24) is 0 Å². The van der Waals surface area contributed by atoms with Gasteiger partial charge in [0.2, 0.25) is 11.8 Å². The van der Waals surface area contributed by atoms with Gasteiger partial charge in [-0.05, 0) is 35.9 Å². The number of carbonyl (C=O) groups excluding carboxylic acids is 2. The van der Waals surface area contributed by atoms with E-state index in [1.807, 2.05) is 6.07 Å². The van der Waals surface area contributed by atoms with Crippen LogP contribution in [0.3, 0.4) is 0 Å². The number of primary amides is 2. The monoisotopic (exact) mass is 303 g/mol. The molecule has 0 bridgehead atoms. The first-order valence-electron chi connectivity index (χ1n) is 6.19. The minimum absolute atomic E-state index is 0.257. The van der Waals surface area contributed by atoms with E-state index in [0.717, 1.165) is 5.56 Å². The summed E-state index contributed by atoms with van der Waals surface area (Å²) in [5.41, 5.74) is 12.8. The maximum absolute atomic E-state index is 11.2. The minimum Gasteiger partial charge on any atom is -0.381 e. The average Bonchev–Trinajstić information content (AvgIpc) is 2.46. The van der Waals surface area contributed by atoms with Crippen LogP contribution in [0.1, 0.15) is 26.3 Å². The fourth-order valence-corrected chi connectivity index (χ4v) is 2.07. The van der Waals surface area contributed by atoms with Crippen LogP contribution in [0.15, 0.2) is 42.5 Å². The Morgan fingerprint density at radius 3 is 2.48 bits per heavy atom. The van der Waals surface area contributed by atoms with Crippen molar-refractivity contribution in [2.45, 2.75) is 6.54 Å². The Morgan fingerprint density at radius 2 is 1.81 bits per heavy atom. The lowest BCUT2D eigenvalue weighted by molar-refractivity contribution is 0.0992. The number of nitrogens with two attached hydrogens (primary N) is 2. The van der Waals surface area contributed by atoms with Crippen LogP contribution in [0.5, 0.6) is 0 Å². The predicted molar refractivity (Wildman–Crippen MR) is 82.3 cm³/mol. The zero-order valence-corrected chi connectivity index (χ0v) is 11.9. The number of rotatable bonds is 5. The summed E-state index contributed by atoms with van der Waals surface area (Å²) in [5.74, 6) is -1.06. The number of benzene rings is 2. The topological polar surface area (TPSA) is 98.2 Å².